The lowest BCUT2D eigenvalue weighted by Gasteiger charge is -2.11. The Labute approximate surface area is 118 Å². The van der Waals surface area contributed by atoms with Crippen LogP contribution in [0.15, 0.2) is 35.5 Å². The molecule has 0 atom stereocenters. The number of aromatic nitrogens is 2. The van der Waals surface area contributed by atoms with Gasteiger partial charge in [-0.2, -0.15) is 0 Å². The highest BCUT2D eigenvalue weighted by atomic mass is 32.2. The van der Waals surface area contributed by atoms with Crippen molar-refractivity contribution < 1.29 is 13.2 Å². The molecule has 1 heterocycles. The number of hydrogen-bond acceptors (Lipinski definition) is 5. The Morgan fingerprint density at radius 3 is 2.75 bits per heavy atom. The standard InChI is InChI=1S/C13H17N3O3S/c1-10-15-5-6-16(10)7-8-20(17,18)13-4-3-11(14)9-12(13)19-2/h3-6,9H,7-8,14H2,1-2H3. The highest BCUT2D eigenvalue weighted by Crippen LogP contribution is 2.27. The Kier molecular flexibility index (Phi) is 3.99. The second-order valence-corrected chi connectivity index (χ2v) is 6.47. The van der Waals surface area contributed by atoms with Crippen molar-refractivity contribution >= 4 is 15.5 Å². The van der Waals surface area contributed by atoms with Crippen LogP contribution in [-0.2, 0) is 16.4 Å². The summed E-state index contributed by atoms with van der Waals surface area (Å²) in [4.78, 5) is 4.22. The summed E-state index contributed by atoms with van der Waals surface area (Å²) in [5.41, 5.74) is 6.09. The molecule has 0 aliphatic carbocycles. The largest absolute Gasteiger partial charge is 0.495 e. The molecule has 0 aliphatic rings. The fourth-order valence-corrected chi connectivity index (χ4v) is 3.29. The molecule has 1 aromatic heterocycles. The maximum absolute atomic E-state index is 12.4. The maximum Gasteiger partial charge on any atom is 0.183 e. The lowest BCUT2D eigenvalue weighted by molar-refractivity contribution is 0.403. The van der Waals surface area contributed by atoms with E-state index < -0.39 is 9.84 Å². The van der Waals surface area contributed by atoms with Crippen LogP contribution < -0.4 is 10.5 Å². The fourth-order valence-electron chi connectivity index (χ4n) is 1.91. The number of hydrogen-bond donors (Lipinski definition) is 1. The second kappa shape index (κ2) is 5.54. The average Bonchev–Trinajstić information content (AvgIpc) is 2.81. The van der Waals surface area contributed by atoms with Gasteiger partial charge in [-0.05, 0) is 19.1 Å². The van der Waals surface area contributed by atoms with Crippen LogP contribution in [0.5, 0.6) is 5.75 Å². The van der Waals surface area contributed by atoms with Crippen LogP contribution in [0.3, 0.4) is 0 Å². The van der Waals surface area contributed by atoms with Crippen molar-refractivity contribution in [2.24, 2.45) is 0 Å². The van der Waals surface area contributed by atoms with Gasteiger partial charge in [0, 0.05) is 30.7 Å². The van der Waals surface area contributed by atoms with Gasteiger partial charge in [0.25, 0.3) is 0 Å². The van der Waals surface area contributed by atoms with Crippen molar-refractivity contribution in [3.8, 4) is 5.75 Å². The van der Waals surface area contributed by atoms with Gasteiger partial charge in [0.1, 0.15) is 16.5 Å². The number of anilines is 1. The van der Waals surface area contributed by atoms with Crippen molar-refractivity contribution in [1.82, 2.24) is 9.55 Å². The van der Waals surface area contributed by atoms with Gasteiger partial charge in [-0.15, -0.1) is 0 Å². The predicted octanol–water partition coefficient (Wildman–Crippen LogP) is 1.26. The number of sulfone groups is 1. The highest BCUT2D eigenvalue weighted by Gasteiger charge is 2.20. The molecule has 2 N–H and O–H groups in total. The summed E-state index contributed by atoms with van der Waals surface area (Å²) in [6.07, 6.45) is 3.40. The van der Waals surface area contributed by atoms with Crippen LogP contribution in [0.2, 0.25) is 0 Å². The Morgan fingerprint density at radius 2 is 2.15 bits per heavy atom. The van der Waals surface area contributed by atoms with E-state index in [4.69, 9.17) is 10.5 Å². The molecule has 0 aliphatic heterocycles. The minimum Gasteiger partial charge on any atom is -0.495 e. The van der Waals surface area contributed by atoms with Gasteiger partial charge in [0.05, 0.1) is 12.9 Å². The van der Waals surface area contributed by atoms with Crippen LogP contribution in [0.25, 0.3) is 0 Å². The SMILES string of the molecule is COc1cc(N)ccc1S(=O)(=O)CCn1ccnc1C. The summed E-state index contributed by atoms with van der Waals surface area (Å²) in [6, 6.07) is 4.54. The molecular formula is C13H17N3O3S. The smallest absolute Gasteiger partial charge is 0.183 e. The first kappa shape index (κ1) is 14.4. The van der Waals surface area contributed by atoms with Crippen molar-refractivity contribution in [2.45, 2.75) is 18.4 Å². The molecule has 2 aromatic rings. The van der Waals surface area contributed by atoms with E-state index in [0.717, 1.165) is 5.82 Å². The molecule has 0 saturated carbocycles. The summed E-state index contributed by atoms with van der Waals surface area (Å²) in [7, 11) is -2.02. The second-order valence-electron chi connectivity index (χ2n) is 4.40. The van der Waals surface area contributed by atoms with E-state index in [1.807, 2.05) is 6.92 Å². The Bertz CT molecular complexity index is 707. The van der Waals surface area contributed by atoms with Gasteiger partial charge in [-0.3, -0.25) is 0 Å². The molecule has 0 spiro atoms. The highest BCUT2D eigenvalue weighted by molar-refractivity contribution is 7.91. The molecule has 0 saturated heterocycles. The first-order valence-electron chi connectivity index (χ1n) is 6.08. The normalized spacial score (nSPS) is 11.5. The van der Waals surface area contributed by atoms with Gasteiger partial charge in [0.15, 0.2) is 9.84 Å². The number of rotatable bonds is 5. The summed E-state index contributed by atoms with van der Waals surface area (Å²) in [5.74, 6) is 1.03. The van der Waals surface area contributed by atoms with Crippen LogP contribution in [-0.4, -0.2) is 30.8 Å². The van der Waals surface area contributed by atoms with Crippen LogP contribution in [0.4, 0.5) is 5.69 Å². The quantitative estimate of drug-likeness (QED) is 0.839. The minimum atomic E-state index is -3.44. The zero-order chi connectivity index (χ0) is 14.8. The molecule has 0 radical (unpaired) electrons. The van der Waals surface area contributed by atoms with E-state index >= 15 is 0 Å². The number of nitrogen functional groups attached to an aromatic ring is 1. The number of ether oxygens (including phenoxy) is 1. The van der Waals surface area contributed by atoms with E-state index in [-0.39, 0.29) is 16.4 Å². The summed E-state index contributed by atoms with van der Waals surface area (Å²) in [5, 5.41) is 0. The predicted molar refractivity (Wildman–Crippen MR) is 76.4 cm³/mol. The van der Waals surface area contributed by atoms with Crippen molar-refractivity contribution in [3.63, 3.8) is 0 Å². The molecule has 1 aromatic carbocycles. The van der Waals surface area contributed by atoms with Gasteiger partial charge in [0.2, 0.25) is 0 Å². The number of nitrogens with two attached hydrogens (primary N) is 1. The van der Waals surface area contributed by atoms with Crippen molar-refractivity contribution in [1.29, 1.82) is 0 Å². The third-order valence-corrected chi connectivity index (χ3v) is 4.77. The molecule has 7 heteroatoms. The number of methoxy groups -OCH3 is 1. The third kappa shape index (κ3) is 2.93. The van der Waals surface area contributed by atoms with Crippen molar-refractivity contribution in [2.75, 3.05) is 18.6 Å². The number of aryl methyl sites for hydroxylation is 2. The van der Waals surface area contributed by atoms with Crippen LogP contribution in [0, 0.1) is 6.92 Å². The van der Waals surface area contributed by atoms with E-state index in [1.165, 1.54) is 19.2 Å². The molecule has 108 valence electrons. The Hall–Kier alpha value is -2.02. The fraction of sp³-hybridized carbons (Fsp3) is 0.308. The number of benzene rings is 1. The lowest BCUT2D eigenvalue weighted by Crippen LogP contribution is -2.14. The number of nitrogens with zero attached hydrogens (tertiary/aromatic N) is 2. The lowest BCUT2D eigenvalue weighted by atomic mass is 10.3. The monoisotopic (exact) mass is 295 g/mol. The first-order chi connectivity index (χ1) is 9.44. The molecule has 6 nitrogen and oxygen atoms in total. The van der Waals surface area contributed by atoms with Gasteiger partial charge in [-0.1, -0.05) is 0 Å². The van der Waals surface area contributed by atoms with Crippen LogP contribution >= 0.6 is 0 Å². The average molecular weight is 295 g/mol. The first-order valence-corrected chi connectivity index (χ1v) is 7.73. The van der Waals surface area contributed by atoms with Crippen molar-refractivity contribution in [3.05, 3.63) is 36.4 Å². The van der Waals surface area contributed by atoms with E-state index in [9.17, 15) is 8.42 Å². The summed E-state index contributed by atoms with van der Waals surface area (Å²) >= 11 is 0. The summed E-state index contributed by atoms with van der Waals surface area (Å²) in [6.45, 7) is 2.18. The zero-order valence-electron chi connectivity index (χ0n) is 11.4. The minimum absolute atomic E-state index is 0.0233. The summed E-state index contributed by atoms with van der Waals surface area (Å²) < 4.78 is 31.6. The molecule has 0 fully saturated rings. The molecular weight excluding hydrogens is 278 g/mol. The van der Waals surface area contributed by atoms with E-state index in [2.05, 4.69) is 4.98 Å². The topological polar surface area (TPSA) is 87.2 Å². The maximum atomic E-state index is 12.4. The Morgan fingerprint density at radius 1 is 1.40 bits per heavy atom. The van der Waals surface area contributed by atoms with Gasteiger partial charge >= 0.3 is 0 Å². The zero-order valence-corrected chi connectivity index (χ0v) is 12.2. The molecule has 0 bridgehead atoms. The molecule has 0 amide bonds. The van der Waals surface area contributed by atoms with Gasteiger partial charge in [-0.25, -0.2) is 13.4 Å². The van der Waals surface area contributed by atoms with Gasteiger partial charge < -0.3 is 15.0 Å². The van der Waals surface area contributed by atoms with E-state index in [1.54, 1.807) is 23.0 Å². The molecule has 0 unspecified atom stereocenters. The third-order valence-electron chi connectivity index (χ3n) is 3.05. The van der Waals surface area contributed by atoms with Crippen LogP contribution in [0.1, 0.15) is 5.82 Å². The van der Waals surface area contributed by atoms with E-state index in [0.29, 0.717) is 12.2 Å². The molecule has 20 heavy (non-hydrogen) atoms. The molecule has 2 rings (SSSR count). The number of imidazole rings is 1. The Balaban J connectivity index is 2.25.